The highest BCUT2D eigenvalue weighted by Gasteiger charge is 2.11. The molecule has 2 aromatic heterocycles. The first-order chi connectivity index (χ1) is 9.62. The minimum atomic E-state index is 0.371. The molecule has 0 aliphatic carbocycles. The molecule has 0 aliphatic heterocycles. The lowest BCUT2D eigenvalue weighted by atomic mass is 10.4. The Morgan fingerprint density at radius 2 is 2.10 bits per heavy atom. The van der Waals surface area contributed by atoms with E-state index in [1.165, 1.54) is 11.8 Å². The maximum Gasteiger partial charge on any atom is 0.262 e. The van der Waals surface area contributed by atoms with Gasteiger partial charge < -0.3 is 14.5 Å². The van der Waals surface area contributed by atoms with Crippen molar-refractivity contribution in [3.05, 3.63) is 23.3 Å². The second-order valence-corrected chi connectivity index (χ2v) is 5.17. The van der Waals surface area contributed by atoms with Crippen LogP contribution in [0.4, 0.5) is 5.82 Å². The van der Waals surface area contributed by atoms with Crippen LogP contribution < -0.4 is 5.32 Å². The van der Waals surface area contributed by atoms with Crippen LogP contribution in [0.15, 0.2) is 20.7 Å². The Morgan fingerprint density at radius 1 is 1.30 bits per heavy atom. The highest BCUT2D eigenvalue weighted by molar-refractivity contribution is 7.99. The molecule has 0 amide bonds. The smallest absolute Gasteiger partial charge is 0.262 e. The molecule has 0 fully saturated rings. The van der Waals surface area contributed by atoms with E-state index < -0.39 is 0 Å². The average molecular weight is 294 g/mol. The monoisotopic (exact) mass is 294 g/mol. The summed E-state index contributed by atoms with van der Waals surface area (Å²) in [6, 6.07) is 1.88. The van der Waals surface area contributed by atoms with Gasteiger partial charge in [-0.1, -0.05) is 0 Å². The van der Waals surface area contributed by atoms with Crippen molar-refractivity contribution in [2.45, 2.75) is 37.6 Å². The first-order valence-corrected chi connectivity index (χ1v) is 7.16. The van der Waals surface area contributed by atoms with Gasteiger partial charge in [0.05, 0.1) is 5.69 Å². The van der Waals surface area contributed by atoms with Gasteiger partial charge in [0, 0.05) is 19.7 Å². The second kappa shape index (κ2) is 6.71. The lowest BCUT2D eigenvalue weighted by Gasteiger charge is -2.07. The molecule has 2 aromatic rings. The van der Waals surface area contributed by atoms with Gasteiger partial charge in [0.2, 0.25) is 0 Å². The van der Waals surface area contributed by atoms with Gasteiger partial charge in [-0.2, -0.15) is 0 Å². The fourth-order valence-electron chi connectivity index (χ4n) is 1.57. The molecule has 0 saturated heterocycles. The second-order valence-electron chi connectivity index (χ2n) is 4.19. The summed E-state index contributed by atoms with van der Waals surface area (Å²) < 4.78 is 10.6. The number of oxazole rings is 1. The maximum atomic E-state index is 5.56. The summed E-state index contributed by atoms with van der Waals surface area (Å²) in [5, 5.41) is 4.55. The van der Waals surface area contributed by atoms with Crippen molar-refractivity contribution in [2.24, 2.45) is 0 Å². The number of nitrogens with zero attached hydrogens (tertiary/aromatic N) is 3. The van der Waals surface area contributed by atoms with Crippen LogP contribution in [-0.2, 0) is 11.3 Å². The Labute approximate surface area is 122 Å². The van der Waals surface area contributed by atoms with Crippen molar-refractivity contribution >= 4 is 17.6 Å². The number of hydrogen-bond acceptors (Lipinski definition) is 7. The van der Waals surface area contributed by atoms with Crippen LogP contribution in [0.3, 0.4) is 0 Å². The molecule has 0 spiro atoms. The third-order valence-electron chi connectivity index (χ3n) is 2.58. The topological polar surface area (TPSA) is 73.1 Å². The maximum absolute atomic E-state index is 5.56. The van der Waals surface area contributed by atoms with Crippen molar-refractivity contribution in [1.82, 2.24) is 15.0 Å². The quantitative estimate of drug-likeness (QED) is 0.821. The Morgan fingerprint density at radius 3 is 2.70 bits per heavy atom. The molecule has 0 radical (unpaired) electrons. The van der Waals surface area contributed by atoms with E-state index in [1.54, 1.807) is 7.11 Å². The lowest BCUT2D eigenvalue weighted by Crippen LogP contribution is -2.05. The number of anilines is 1. The third-order valence-corrected chi connectivity index (χ3v) is 3.35. The molecule has 7 heteroatoms. The van der Waals surface area contributed by atoms with E-state index in [1.807, 2.05) is 26.8 Å². The average Bonchev–Trinajstić information content (AvgIpc) is 2.68. The Kier molecular flexibility index (Phi) is 4.97. The van der Waals surface area contributed by atoms with Crippen LogP contribution in [0.5, 0.6) is 0 Å². The number of methoxy groups -OCH3 is 1. The molecule has 0 aliphatic rings. The fourth-order valence-corrected chi connectivity index (χ4v) is 2.42. The normalized spacial score (nSPS) is 10.8. The number of ether oxygens (including phenoxy) is 1. The molecular weight excluding hydrogens is 276 g/mol. The molecule has 108 valence electrons. The summed E-state index contributed by atoms with van der Waals surface area (Å²) in [5.41, 5.74) is 0.894. The van der Waals surface area contributed by atoms with E-state index in [0.717, 1.165) is 28.8 Å². The molecule has 0 atom stereocenters. The predicted molar refractivity (Wildman–Crippen MR) is 77.0 cm³/mol. The largest absolute Gasteiger partial charge is 0.436 e. The van der Waals surface area contributed by atoms with Gasteiger partial charge in [-0.05, 0) is 32.5 Å². The summed E-state index contributed by atoms with van der Waals surface area (Å²) in [6.07, 6.45) is 0. The van der Waals surface area contributed by atoms with E-state index >= 15 is 0 Å². The summed E-state index contributed by atoms with van der Waals surface area (Å²) in [6.45, 7) is 7.00. The van der Waals surface area contributed by atoms with Crippen molar-refractivity contribution in [1.29, 1.82) is 0 Å². The molecule has 1 N–H and O–H groups in total. The highest BCUT2D eigenvalue weighted by Crippen LogP contribution is 2.28. The molecule has 20 heavy (non-hydrogen) atoms. The molecule has 2 heterocycles. The van der Waals surface area contributed by atoms with E-state index in [4.69, 9.17) is 9.15 Å². The van der Waals surface area contributed by atoms with Gasteiger partial charge in [-0.15, -0.1) is 0 Å². The van der Waals surface area contributed by atoms with Crippen molar-refractivity contribution in [2.75, 3.05) is 19.0 Å². The van der Waals surface area contributed by atoms with Crippen molar-refractivity contribution < 1.29 is 9.15 Å². The summed E-state index contributed by atoms with van der Waals surface area (Å²) in [7, 11) is 1.62. The highest BCUT2D eigenvalue weighted by atomic mass is 32.2. The fraction of sp³-hybridized carbons (Fsp3) is 0.462. The number of rotatable bonds is 6. The number of aryl methyl sites for hydroxylation is 2. The van der Waals surface area contributed by atoms with Crippen molar-refractivity contribution in [3.63, 3.8) is 0 Å². The predicted octanol–water partition coefficient (Wildman–Crippen LogP) is 2.81. The number of hydrogen-bond donors (Lipinski definition) is 1. The van der Waals surface area contributed by atoms with Crippen LogP contribution in [-0.4, -0.2) is 28.6 Å². The lowest BCUT2D eigenvalue weighted by molar-refractivity contribution is 0.177. The van der Waals surface area contributed by atoms with Crippen LogP contribution in [0.2, 0.25) is 0 Å². The minimum absolute atomic E-state index is 0.371. The van der Waals surface area contributed by atoms with Gasteiger partial charge in [0.1, 0.15) is 23.2 Å². The molecule has 2 rings (SSSR count). The summed E-state index contributed by atoms with van der Waals surface area (Å²) in [4.78, 5) is 13.1. The van der Waals surface area contributed by atoms with Crippen LogP contribution in [0.1, 0.15) is 24.2 Å². The van der Waals surface area contributed by atoms with E-state index in [2.05, 4.69) is 20.3 Å². The molecule has 0 bridgehead atoms. The van der Waals surface area contributed by atoms with E-state index in [-0.39, 0.29) is 0 Å². The summed E-state index contributed by atoms with van der Waals surface area (Å²) in [5.74, 6) is 2.23. The zero-order valence-corrected chi connectivity index (χ0v) is 12.9. The first-order valence-electron chi connectivity index (χ1n) is 6.35. The zero-order chi connectivity index (χ0) is 14.5. The summed E-state index contributed by atoms with van der Waals surface area (Å²) >= 11 is 1.38. The first kappa shape index (κ1) is 14.8. The van der Waals surface area contributed by atoms with E-state index in [9.17, 15) is 0 Å². The Bertz CT molecular complexity index is 542. The van der Waals surface area contributed by atoms with Gasteiger partial charge in [0.25, 0.3) is 5.22 Å². The van der Waals surface area contributed by atoms with Gasteiger partial charge in [-0.3, -0.25) is 0 Å². The number of nitrogens with one attached hydrogen (secondary N) is 1. The zero-order valence-electron chi connectivity index (χ0n) is 12.1. The minimum Gasteiger partial charge on any atom is -0.436 e. The van der Waals surface area contributed by atoms with Gasteiger partial charge >= 0.3 is 0 Å². The third kappa shape index (κ3) is 3.71. The SMILES string of the molecule is CCNc1cc(Sc2nc(C)c(C)o2)nc(COC)n1. The van der Waals surface area contributed by atoms with Crippen molar-refractivity contribution in [3.8, 4) is 0 Å². The van der Waals surface area contributed by atoms with Crippen LogP contribution >= 0.6 is 11.8 Å². The molecule has 0 unspecified atom stereocenters. The molecule has 0 saturated carbocycles. The molecule has 0 aromatic carbocycles. The van der Waals surface area contributed by atoms with Crippen LogP contribution in [0, 0.1) is 13.8 Å². The van der Waals surface area contributed by atoms with Crippen LogP contribution in [0.25, 0.3) is 0 Å². The molecular formula is C13H18N4O2S. The Balaban J connectivity index is 2.24. The van der Waals surface area contributed by atoms with Gasteiger partial charge in [0.15, 0.2) is 5.82 Å². The Hall–Kier alpha value is -1.60. The standard InChI is InChI=1S/C13H18N4O2S/c1-5-14-10-6-12(17-11(16-10)7-18-4)20-13-15-8(2)9(3)19-13/h6H,5,7H2,1-4H3,(H,14,16,17). The van der Waals surface area contributed by atoms with Gasteiger partial charge in [-0.25, -0.2) is 15.0 Å². The number of aromatic nitrogens is 3. The molecule has 6 nitrogen and oxygen atoms in total. The van der Waals surface area contributed by atoms with E-state index in [0.29, 0.717) is 17.7 Å².